The number of nitrogens with zero attached hydrogens (tertiary/aromatic N) is 3. The molecule has 0 saturated carbocycles. The lowest BCUT2D eigenvalue weighted by Gasteiger charge is -2.19. The van der Waals surface area contributed by atoms with Crippen molar-refractivity contribution >= 4 is 5.97 Å². The lowest BCUT2D eigenvalue weighted by Crippen LogP contribution is -2.23. The predicted octanol–water partition coefficient (Wildman–Crippen LogP) is 0.950. The molecule has 2 aromatic rings. The second-order valence-corrected chi connectivity index (χ2v) is 4.59. The molecule has 2 N–H and O–H groups in total. The van der Waals surface area contributed by atoms with E-state index in [-0.39, 0.29) is 11.7 Å². The molecule has 0 spiro atoms. The fraction of sp³-hybridized carbons (Fsp3) is 0.308. The Morgan fingerprint density at radius 3 is 2.89 bits per heavy atom. The van der Waals surface area contributed by atoms with Crippen molar-refractivity contribution in [2.45, 2.75) is 25.5 Å². The lowest BCUT2D eigenvalue weighted by atomic mass is 10.1. The maximum atomic E-state index is 11.2. The number of carboxylic acid groups (broad SMARTS) is 1. The maximum Gasteiger partial charge on any atom is 0.336 e. The van der Waals surface area contributed by atoms with Crippen LogP contribution in [0.4, 0.5) is 0 Å². The third-order valence-corrected chi connectivity index (χ3v) is 3.33. The molecule has 0 aliphatic carbocycles. The van der Waals surface area contributed by atoms with Gasteiger partial charge in [0.15, 0.2) is 5.82 Å². The molecule has 2 heterocycles. The Morgan fingerprint density at radius 1 is 1.32 bits per heavy atom. The average Bonchev–Trinajstić information content (AvgIpc) is 2.81. The summed E-state index contributed by atoms with van der Waals surface area (Å²) in [5.74, 6) is 0.276. The van der Waals surface area contributed by atoms with E-state index >= 15 is 0 Å². The van der Waals surface area contributed by atoms with Crippen molar-refractivity contribution in [3.8, 4) is 11.4 Å². The third kappa shape index (κ3) is 2.00. The molecule has 0 radical (unpaired) electrons. The molecule has 0 bridgehead atoms. The van der Waals surface area contributed by atoms with Gasteiger partial charge in [-0.25, -0.2) is 4.79 Å². The standard InChI is InChI=1S/C13H13N3O3/c17-8-5-6-16-11(7-8)14-15-12(16)9-3-1-2-4-10(9)13(18)19/h1-4,8,17H,5-7H2,(H,18,19). The van der Waals surface area contributed by atoms with Crippen molar-refractivity contribution in [1.29, 1.82) is 0 Å². The monoisotopic (exact) mass is 259 g/mol. The van der Waals surface area contributed by atoms with Crippen LogP contribution in [-0.4, -0.2) is 37.1 Å². The molecule has 1 aliphatic heterocycles. The molecule has 19 heavy (non-hydrogen) atoms. The van der Waals surface area contributed by atoms with Crippen LogP contribution in [0.25, 0.3) is 11.4 Å². The van der Waals surface area contributed by atoms with Gasteiger partial charge in [0.2, 0.25) is 0 Å². The topological polar surface area (TPSA) is 88.2 Å². The van der Waals surface area contributed by atoms with E-state index < -0.39 is 5.97 Å². The summed E-state index contributed by atoms with van der Waals surface area (Å²) in [6, 6.07) is 6.74. The second-order valence-electron chi connectivity index (χ2n) is 4.59. The quantitative estimate of drug-likeness (QED) is 0.838. The van der Waals surface area contributed by atoms with E-state index in [0.717, 1.165) is 0 Å². The van der Waals surface area contributed by atoms with E-state index in [2.05, 4.69) is 10.2 Å². The molecule has 1 aromatic carbocycles. The molecule has 98 valence electrons. The smallest absolute Gasteiger partial charge is 0.336 e. The Balaban J connectivity index is 2.11. The average molecular weight is 259 g/mol. The van der Waals surface area contributed by atoms with Crippen LogP contribution in [0, 0.1) is 0 Å². The van der Waals surface area contributed by atoms with Crippen LogP contribution in [0.5, 0.6) is 0 Å². The number of aliphatic hydroxyl groups excluding tert-OH is 1. The highest BCUT2D eigenvalue weighted by Crippen LogP contribution is 2.25. The summed E-state index contributed by atoms with van der Waals surface area (Å²) in [5, 5.41) is 26.9. The van der Waals surface area contributed by atoms with Crippen LogP contribution < -0.4 is 0 Å². The molecule has 1 aliphatic rings. The fourth-order valence-corrected chi connectivity index (χ4v) is 2.38. The molecule has 3 rings (SSSR count). The van der Waals surface area contributed by atoms with E-state index in [1.165, 1.54) is 0 Å². The number of hydrogen-bond donors (Lipinski definition) is 2. The SMILES string of the molecule is O=C(O)c1ccccc1-c1nnc2n1CCC(O)C2. The highest BCUT2D eigenvalue weighted by Gasteiger charge is 2.24. The molecule has 0 amide bonds. The van der Waals surface area contributed by atoms with Gasteiger partial charge >= 0.3 is 5.97 Å². The first-order chi connectivity index (χ1) is 9.16. The van der Waals surface area contributed by atoms with Gasteiger partial charge in [-0.05, 0) is 12.5 Å². The van der Waals surface area contributed by atoms with Gasteiger partial charge in [0.1, 0.15) is 5.82 Å². The summed E-state index contributed by atoms with van der Waals surface area (Å²) in [6.07, 6.45) is 0.703. The van der Waals surface area contributed by atoms with Crippen molar-refractivity contribution in [1.82, 2.24) is 14.8 Å². The molecular formula is C13H13N3O3. The minimum absolute atomic E-state index is 0.212. The van der Waals surface area contributed by atoms with E-state index in [1.54, 1.807) is 24.3 Å². The summed E-state index contributed by atoms with van der Waals surface area (Å²) < 4.78 is 1.88. The minimum atomic E-state index is -0.983. The summed E-state index contributed by atoms with van der Waals surface area (Å²) in [4.78, 5) is 11.2. The van der Waals surface area contributed by atoms with Crippen molar-refractivity contribution in [2.75, 3.05) is 0 Å². The van der Waals surface area contributed by atoms with E-state index in [1.807, 2.05) is 4.57 Å². The maximum absolute atomic E-state index is 11.2. The number of carbonyl (C=O) groups is 1. The van der Waals surface area contributed by atoms with Gasteiger partial charge in [-0.2, -0.15) is 0 Å². The Morgan fingerprint density at radius 2 is 2.11 bits per heavy atom. The number of benzene rings is 1. The van der Waals surface area contributed by atoms with Gasteiger partial charge in [0.25, 0.3) is 0 Å². The van der Waals surface area contributed by atoms with E-state index in [4.69, 9.17) is 0 Å². The van der Waals surface area contributed by atoms with Crippen LogP contribution in [0.1, 0.15) is 22.6 Å². The molecule has 1 atom stereocenters. The summed E-state index contributed by atoms with van der Waals surface area (Å²) in [7, 11) is 0. The van der Waals surface area contributed by atoms with E-state index in [9.17, 15) is 15.0 Å². The first-order valence-electron chi connectivity index (χ1n) is 6.09. The van der Waals surface area contributed by atoms with Gasteiger partial charge in [-0.1, -0.05) is 18.2 Å². The zero-order valence-electron chi connectivity index (χ0n) is 10.2. The van der Waals surface area contributed by atoms with Gasteiger partial charge in [-0.15, -0.1) is 10.2 Å². The number of fused-ring (bicyclic) bond motifs is 1. The fourth-order valence-electron chi connectivity index (χ4n) is 2.38. The Hall–Kier alpha value is -2.21. The minimum Gasteiger partial charge on any atom is -0.478 e. The summed E-state index contributed by atoms with van der Waals surface area (Å²) in [5.41, 5.74) is 0.772. The Bertz CT molecular complexity index is 636. The van der Waals surface area contributed by atoms with Gasteiger partial charge in [-0.3, -0.25) is 0 Å². The first-order valence-corrected chi connectivity index (χ1v) is 6.09. The molecular weight excluding hydrogens is 246 g/mol. The number of aromatic carboxylic acids is 1. The largest absolute Gasteiger partial charge is 0.478 e. The number of hydrogen-bond acceptors (Lipinski definition) is 4. The number of carboxylic acids is 1. The number of rotatable bonds is 2. The number of aliphatic hydroxyl groups is 1. The first kappa shape index (κ1) is 11.9. The van der Waals surface area contributed by atoms with Gasteiger partial charge in [0.05, 0.1) is 11.7 Å². The summed E-state index contributed by atoms with van der Waals surface area (Å²) >= 11 is 0. The third-order valence-electron chi connectivity index (χ3n) is 3.33. The normalized spacial score (nSPS) is 18.1. The number of aromatic nitrogens is 3. The molecule has 1 unspecified atom stereocenters. The van der Waals surface area contributed by atoms with Crippen LogP contribution in [0.3, 0.4) is 0 Å². The summed E-state index contributed by atoms with van der Waals surface area (Å²) in [6.45, 7) is 0.604. The molecule has 6 nitrogen and oxygen atoms in total. The molecule has 0 fully saturated rings. The van der Waals surface area contributed by atoms with Crippen molar-refractivity contribution in [3.63, 3.8) is 0 Å². The van der Waals surface area contributed by atoms with Crippen LogP contribution in [0.2, 0.25) is 0 Å². The Labute approximate surface area is 109 Å². The van der Waals surface area contributed by atoms with Crippen LogP contribution >= 0.6 is 0 Å². The Kier molecular flexibility index (Phi) is 2.79. The van der Waals surface area contributed by atoms with Gasteiger partial charge in [0, 0.05) is 18.5 Å². The second kappa shape index (κ2) is 4.47. The van der Waals surface area contributed by atoms with Crippen LogP contribution in [0.15, 0.2) is 24.3 Å². The van der Waals surface area contributed by atoms with Crippen molar-refractivity contribution in [3.05, 3.63) is 35.7 Å². The molecule has 1 aromatic heterocycles. The van der Waals surface area contributed by atoms with Crippen molar-refractivity contribution < 1.29 is 15.0 Å². The highest BCUT2D eigenvalue weighted by atomic mass is 16.4. The highest BCUT2D eigenvalue weighted by molar-refractivity contribution is 5.94. The van der Waals surface area contributed by atoms with Gasteiger partial charge < -0.3 is 14.8 Å². The molecule has 0 saturated heterocycles. The lowest BCUT2D eigenvalue weighted by molar-refractivity contribution is 0.0697. The molecule has 6 heteroatoms. The predicted molar refractivity (Wildman–Crippen MR) is 66.7 cm³/mol. The zero-order chi connectivity index (χ0) is 13.4. The van der Waals surface area contributed by atoms with Crippen LogP contribution in [-0.2, 0) is 13.0 Å². The zero-order valence-corrected chi connectivity index (χ0v) is 10.2. The van der Waals surface area contributed by atoms with E-state index in [0.29, 0.717) is 36.6 Å². The van der Waals surface area contributed by atoms with Crippen molar-refractivity contribution in [2.24, 2.45) is 0 Å².